The maximum absolute atomic E-state index is 12.0. The summed E-state index contributed by atoms with van der Waals surface area (Å²) in [4.78, 5) is 13.8. The Morgan fingerprint density at radius 3 is 2.52 bits per heavy atom. The van der Waals surface area contributed by atoms with Crippen LogP contribution < -0.4 is 5.32 Å². The minimum Gasteiger partial charge on any atom is -0.444 e. The van der Waals surface area contributed by atoms with Crippen LogP contribution in [0.2, 0.25) is 0 Å². The van der Waals surface area contributed by atoms with Gasteiger partial charge in [0.15, 0.2) is 0 Å². The predicted octanol–water partition coefficient (Wildman–Crippen LogP) is 3.14. The first-order valence-corrected chi connectivity index (χ1v) is 10.1. The van der Waals surface area contributed by atoms with E-state index in [4.69, 9.17) is 9.47 Å². The average Bonchev–Trinajstić information content (AvgIpc) is 2.49. The van der Waals surface area contributed by atoms with Gasteiger partial charge in [-0.3, -0.25) is 0 Å². The third-order valence-electron chi connectivity index (χ3n) is 3.68. The Balaban J connectivity index is 2.03. The van der Waals surface area contributed by atoms with Gasteiger partial charge in [0.2, 0.25) is 0 Å². The summed E-state index contributed by atoms with van der Waals surface area (Å²) < 4.78 is 11.3. The number of nitrogens with one attached hydrogen (secondary N) is 1. The van der Waals surface area contributed by atoms with Gasteiger partial charge in [-0.05, 0) is 65.0 Å². The van der Waals surface area contributed by atoms with Gasteiger partial charge in [0.25, 0.3) is 0 Å². The minimum absolute atomic E-state index is 0.206. The molecule has 0 bridgehead atoms. The van der Waals surface area contributed by atoms with Crippen LogP contribution in [0.1, 0.15) is 46.5 Å². The Morgan fingerprint density at radius 2 is 1.91 bits per heavy atom. The predicted molar refractivity (Wildman–Crippen MR) is 97.3 cm³/mol. The third-order valence-corrected chi connectivity index (χ3v) is 4.38. The van der Waals surface area contributed by atoms with E-state index in [0.717, 1.165) is 45.6 Å². The first-order chi connectivity index (χ1) is 10.9. The van der Waals surface area contributed by atoms with E-state index in [9.17, 15) is 4.79 Å². The largest absolute Gasteiger partial charge is 0.444 e. The summed E-state index contributed by atoms with van der Waals surface area (Å²) in [5, 5.41) is 3.42. The summed E-state index contributed by atoms with van der Waals surface area (Å²) in [7, 11) is 0. The second-order valence-electron chi connectivity index (χ2n) is 6.99. The number of hydrogen-bond acceptors (Lipinski definition) is 5. The van der Waals surface area contributed by atoms with Gasteiger partial charge in [-0.25, -0.2) is 4.79 Å². The Labute approximate surface area is 145 Å². The van der Waals surface area contributed by atoms with Gasteiger partial charge in [-0.15, -0.1) is 0 Å². The number of unbranched alkanes of at least 4 members (excludes halogenated alkanes) is 1. The zero-order valence-electron chi connectivity index (χ0n) is 15.2. The van der Waals surface area contributed by atoms with Gasteiger partial charge in [0.05, 0.1) is 12.7 Å². The molecule has 1 fully saturated rings. The van der Waals surface area contributed by atoms with Crippen LogP contribution in [0.4, 0.5) is 4.79 Å². The Bertz CT molecular complexity index is 326. The van der Waals surface area contributed by atoms with Crippen LogP contribution in [0.3, 0.4) is 0 Å². The number of likely N-dealkylation sites (tertiary alicyclic amines) is 1. The molecule has 0 aromatic heterocycles. The van der Waals surface area contributed by atoms with Crippen LogP contribution in [0.5, 0.6) is 0 Å². The van der Waals surface area contributed by atoms with Crippen molar-refractivity contribution in [1.82, 2.24) is 10.2 Å². The number of rotatable bonds is 9. The van der Waals surface area contributed by atoms with Crippen molar-refractivity contribution in [3.63, 3.8) is 0 Å². The first-order valence-electron chi connectivity index (χ1n) is 8.71. The lowest BCUT2D eigenvalue weighted by atomic mass is 10.1. The second kappa shape index (κ2) is 11.2. The molecule has 6 heteroatoms. The highest BCUT2D eigenvalue weighted by molar-refractivity contribution is 7.98. The zero-order chi connectivity index (χ0) is 17.1. The SMILES string of the molecule is CSCCCCNCCOC1CCN(C(=O)OC(C)(C)C)CC1. The molecule has 0 saturated carbocycles. The molecule has 1 N–H and O–H groups in total. The Hall–Kier alpha value is -0.460. The van der Waals surface area contributed by atoms with Crippen LogP contribution in [-0.4, -0.2) is 67.5 Å². The summed E-state index contributed by atoms with van der Waals surface area (Å²) >= 11 is 1.90. The second-order valence-corrected chi connectivity index (χ2v) is 7.97. The van der Waals surface area contributed by atoms with Gasteiger partial charge in [-0.2, -0.15) is 11.8 Å². The van der Waals surface area contributed by atoms with Crippen molar-refractivity contribution in [2.24, 2.45) is 0 Å². The van der Waals surface area contributed by atoms with Crippen LogP contribution in [0.15, 0.2) is 0 Å². The molecule has 1 rings (SSSR count). The van der Waals surface area contributed by atoms with Crippen molar-refractivity contribution in [1.29, 1.82) is 0 Å². The zero-order valence-corrected chi connectivity index (χ0v) is 16.0. The number of hydrogen-bond donors (Lipinski definition) is 1. The summed E-state index contributed by atoms with van der Waals surface area (Å²) in [6.07, 6.45) is 6.51. The smallest absolute Gasteiger partial charge is 0.410 e. The molecular formula is C17H34N2O3S. The van der Waals surface area contributed by atoms with Gasteiger partial charge in [-0.1, -0.05) is 0 Å². The van der Waals surface area contributed by atoms with E-state index < -0.39 is 5.60 Å². The number of nitrogens with zero attached hydrogens (tertiary/aromatic N) is 1. The van der Waals surface area contributed by atoms with Crippen molar-refractivity contribution < 1.29 is 14.3 Å². The molecule has 0 unspecified atom stereocenters. The molecule has 1 saturated heterocycles. The fraction of sp³-hybridized carbons (Fsp3) is 0.941. The maximum Gasteiger partial charge on any atom is 0.410 e. The maximum atomic E-state index is 12.0. The van der Waals surface area contributed by atoms with E-state index >= 15 is 0 Å². The number of amides is 1. The molecule has 1 heterocycles. The lowest BCUT2D eigenvalue weighted by molar-refractivity contribution is -0.0104. The van der Waals surface area contributed by atoms with Crippen LogP contribution in [0.25, 0.3) is 0 Å². The molecule has 136 valence electrons. The first kappa shape index (κ1) is 20.6. The highest BCUT2D eigenvalue weighted by Gasteiger charge is 2.26. The number of piperidine rings is 1. The van der Waals surface area contributed by atoms with Crippen molar-refractivity contribution in [2.45, 2.75) is 58.2 Å². The molecule has 0 radical (unpaired) electrons. The fourth-order valence-corrected chi connectivity index (χ4v) is 2.94. The van der Waals surface area contributed by atoms with Crippen molar-refractivity contribution >= 4 is 17.9 Å². The van der Waals surface area contributed by atoms with E-state index in [1.54, 1.807) is 4.90 Å². The molecule has 1 aliphatic heterocycles. The third kappa shape index (κ3) is 10.1. The molecule has 23 heavy (non-hydrogen) atoms. The van der Waals surface area contributed by atoms with Gasteiger partial charge in [0.1, 0.15) is 5.60 Å². The van der Waals surface area contributed by atoms with Crippen molar-refractivity contribution in [2.75, 3.05) is 44.8 Å². The molecular weight excluding hydrogens is 312 g/mol. The van der Waals surface area contributed by atoms with Crippen LogP contribution in [0, 0.1) is 0 Å². The topological polar surface area (TPSA) is 50.8 Å². The van der Waals surface area contributed by atoms with E-state index in [0.29, 0.717) is 0 Å². The number of thioether (sulfide) groups is 1. The minimum atomic E-state index is -0.425. The summed E-state index contributed by atoms with van der Waals surface area (Å²) in [6.45, 7) is 9.87. The van der Waals surface area contributed by atoms with Crippen molar-refractivity contribution in [3.05, 3.63) is 0 Å². The van der Waals surface area contributed by atoms with Gasteiger partial charge in [0, 0.05) is 19.6 Å². The molecule has 0 atom stereocenters. The Kier molecular flexibility index (Phi) is 9.99. The van der Waals surface area contributed by atoms with Gasteiger partial charge >= 0.3 is 6.09 Å². The number of carbonyl (C=O) groups excluding carboxylic acids is 1. The lowest BCUT2D eigenvalue weighted by Gasteiger charge is -2.33. The van der Waals surface area contributed by atoms with Gasteiger partial charge < -0.3 is 19.7 Å². The summed E-state index contributed by atoms with van der Waals surface area (Å²) in [5.41, 5.74) is -0.425. The summed E-state index contributed by atoms with van der Waals surface area (Å²) in [5.74, 6) is 1.24. The molecule has 1 amide bonds. The highest BCUT2D eigenvalue weighted by atomic mass is 32.2. The normalized spacial score (nSPS) is 16.6. The van der Waals surface area contributed by atoms with Crippen LogP contribution in [-0.2, 0) is 9.47 Å². The molecule has 1 aliphatic rings. The molecule has 0 spiro atoms. The van der Waals surface area contributed by atoms with Crippen LogP contribution >= 0.6 is 11.8 Å². The van der Waals surface area contributed by atoms with E-state index in [1.807, 2.05) is 32.5 Å². The lowest BCUT2D eigenvalue weighted by Crippen LogP contribution is -2.43. The van der Waals surface area contributed by atoms with E-state index in [1.165, 1.54) is 18.6 Å². The standard InChI is InChI=1S/C17H34N2O3S/c1-17(2,3)22-16(20)19-11-7-15(8-12-19)21-13-10-18-9-5-6-14-23-4/h15,18H,5-14H2,1-4H3. The molecule has 0 aromatic rings. The monoisotopic (exact) mass is 346 g/mol. The van der Waals surface area contributed by atoms with Crippen molar-refractivity contribution in [3.8, 4) is 0 Å². The van der Waals surface area contributed by atoms with E-state index in [2.05, 4.69) is 11.6 Å². The summed E-state index contributed by atoms with van der Waals surface area (Å²) in [6, 6.07) is 0. The average molecular weight is 347 g/mol. The fourth-order valence-electron chi connectivity index (χ4n) is 2.45. The molecule has 5 nitrogen and oxygen atoms in total. The highest BCUT2D eigenvalue weighted by Crippen LogP contribution is 2.17. The molecule has 0 aromatic carbocycles. The number of carbonyl (C=O) groups is 1. The number of ether oxygens (including phenoxy) is 2. The quantitative estimate of drug-likeness (QED) is 0.650. The molecule has 0 aliphatic carbocycles. The Morgan fingerprint density at radius 1 is 1.22 bits per heavy atom. The van der Waals surface area contributed by atoms with E-state index in [-0.39, 0.29) is 12.2 Å².